The van der Waals surface area contributed by atoms with Crippen LogP contribution < -0.4 is 19.6 Å². The largest absolute Gasteiger partial charge is 0.497 e. The molecule has 1 aromatic heterocycles. The molecule has 2 aromatic carbocycles. The summed E-state index contributed by atoms with van der Waals surface area (Å²) < 4.78 is 15.9. The van der Waals surface area contributed by atoms with Gasteiger partial charge in [0.25, 0.3) is 5.91 Å². The number of pyridine rings is 1. The third-order valence-electron chi connectivity index (χ3n) is 4.24. The van der Waals surface area contributed by atoms with Gasteiger partial charge in [-0.2, -0.15) is 5.10 Å². The molecule has 0 spiro atoms. The summed E-state index contributed by atoms with van der Waals surface area (Å²) in [6.45, 7) is 2.55. The second-order valence-corrected chi connectivity index (χ2v) is 6.23. The molecule has 1 amide bonds. The lowest BCUT2D eigenvalue weighted by Crippen LogP contribution is -2.19. The quantitative estimate of drug-likeness (QED) is 0.454. The van der Waals surface area contributed by atoms with E-state index in [4.69, 9.17) is 14.2 Å². The summed E-state index contributed by atoms with van der Waals surface area (Å²) in [7, 11) is 3.14. The molecule has 0 saturated carbocycles. The summed E-state index contributed by atoms with van der Waals surface area (Å²) >= 11 is 0. The Kier molecular flexibility index (Phi) is 7.00. The fourth-order valence-electron chi connectivity index (χ4n) is 2.77. The van der Waals surface area contributed by atoms with Crippen molar-refractivity contribution in [2.75, 3.05) is 20.8 Å². The first-order valence-electron chi connectivity index (χ1n) is 9.38. The van der Waals surface area contributed by atoms with Crippen molar-refractivity contribution >= 4 is 12.1 Å². The van der Waals surface area contributed by atoms with E-state index in [1.165, 1.54) is 6.21 Å². The lowest BCUT2D eigenvalue weighted by Gasteiger charge is -2.07. The summed E-state index contributed by atoms with van der Waals surface area (Å²) in [5.74, 6) is 1.66. The molecule has 7 nitrogen and oxygen atoms in total. The van der Waals surface area contributed by atoms with E-state index in [1.54, 1.807) is 44.7 Å². The minimum atomic E-state index is -0.408. The molecule has 0 aliphatic carbocycles. The van der Waals surface area contributed by atoms with E-state index in [0.717, 1.165) is 22.4 Å². The van der Waals surface area contributed by atoms with Crippen molar-refractivity contribution in [3.8, 4) is 28.4 Å². The predicted molar refractivity (Wildman–Crippen MR) is 115 cm³/mol. The third-order valence-corrected chi connectivity index (χ3v) is 4.24. The number of hydrazone groups is 1. The van der Waals surface area contributed by atoms with E-state index in [9.17, 15) is 4.79 Å². The van der Waals surface area contributed by atoms with Gasteiger partial charge in [0.15, 0.2) is 0 Å². The minimum Gasteiger partial charge on any atom is -0.497 e. The van der Waals surface area contributed by atoms with Crippen LogP contribution in [0.1, 0.15) is 23.0 Å². The van der Waals surface area contributed by atoms with Gasteiger partial charge in [-0.05, 0) is 54.4 Å². The Morgan fingerprint density at radius 2 is 1.67 bits per heavy atom. The molecule has 0 aliphatic heterocycles. The van der Waals surface area contributed by atoms with Crippen LogP contribution in [0.4, 0.5) is 0 Å². The van der Waals surface area contributed by atoms with Crippen LogP contribution in [0.3, 0.4) is 0 Å². The van der Waals surface area contributed by atoms with Crippen LogP contribution in [0.5, 0.6) is 17.2 Å². The number of hydrogen-bond donors (Lipinski definition) is 1. The molecule has 0 radical (unpaired) electrons. The molecule has 0 aliphatic rings. The van der Waals surface area contributed by atoms with Crippen molar-refractivity contribution in [3.63, 3.8) is 0 Å². The SMILES string of the molecule is CCOc1ccc(-c2ccnc(C(=O)NN=Cc3cc(OC)cc(OC)c3)c2)cc1. The first-order chi connectivity index (χ1) is 14.6. The van der Waals surface area contributed by atoms with Crippen molar-refractivity contribution in [2.24, 2.45) is 5.10 Å². The van der Waals surface area contributed by atoms with E-state index in [0.29, 0.717) is 18.1 Å². The molecule has 1 heterocycles. The molecule has 0 fully saturated rings. The molecule has 3 aromatic rings. The first kappa shape index (κ1) is 20.9. The van der Waals surface area contributed by atoms with Crippen LogP contribution in [0.25, 0.3) is 11.1 Å². The van der Waals surface area contributed by atoms with Crippen molar-refractivity contribution in [3.05, 3.63) is 72.1 Å². The second-order valence-electron chi connectivity index (χ2n) is 6.23. The summed E-state index contributed by atoms with van der Waals surface area (Å²) in [6.07, 6.45) is 3.11. The van der Waals surface area contributed by atoms with E-state index in [1.807, 2.05) is 37.3 Å². The monoisotopic (exact) mass is 405 g/mol. The van der Waals surface area contributed by atoms with Crippen LogP contribution in [-0.2, 0) is 0 Å². The summed E-state index contributed by atoms with van der Waals surface area (Å²) in [4.78, 5) is 16.6. The first-order valence-corrected chi connectivity index (χ1v) is 9.38. The van der Waals surface area contributed by atoms with Gasteiger partial charge in [-0.15, -0.1) is 0 Å². The topological polar surface area (TPSA) is 82.0 Å². The maximum atomic E-state index is 12.4. The zero-order chi connectivity index (χ0) is 21.3. The number of benzene rings is 2. The van der Waals surface area contributed by atoms with Crippen LogP contribution in [0.2, 0.25) is 0 Å². The molecule has 30 heavy (non-hydrogen) atoms. The summed E-state index contributed by atoms with van der Waals surface area (Å²) in [6, 6.07) is 16.6. The molecule has 7 heteroatoms. The molecule has 0 atom stereocenters. The minimum absolute atomic E-state index is 0.266. The zero-order valence-corrected chi connectivity index (χ0v) is 17.1. The molecule has 0 saturated heterocycles. The molecule has 0 unspecified atom stereocenters. The number of carbonyl (C=O) groups is 1. The predicted octanol–water partition coefficient (Wildman–Crippen LogP) is 3.93. The number of hydrogen-bond acceptors (Lipinski definition) is 6. The maximum absolute atomic E-state index is 12.4. The highest BCUT2D eigenvalue weighted by Crippen LogP contribution is 2.23. The fourth-order valence-corrected chi connectivity index (χ4v) is 2.77. The lowest BCUT2D eigenvalue weighted by atomic mass is 10.1. The van der Waals surface area contributed by atoms with Crippen molar-refractivity contribution in [2.45, 2.75) is 6.92 Å². The Labute approximate surface area is 175 Å². The molecule has 1 N–H and O–H groups in total. The van der Waals surface area contributed by atoms with Crippen LogP contribution in [0.15, 0.2) is 65.9 Å². The number of rotatable bonds is 8. The fraction of sp³-hybridized carbons (Fsp3) is 0.174. The summed E-state index contributed by atoms with van der Waals surface area (Å²) in [5, 5.41) is 4.01. The second kappa shape index (κ2) is 10.1. The van der Waals surface area contributed by atoms with Crippen LogP contribution in [-0.4, -0.2) is 37.9 Å². The number of carbonyl (C=O) groups excluding carboxylic acids is 1. The average molecular weight is 405 g/mol. The Balaban J connectivity index is 1.70. The van der Waals surface area contributed by atoms with Crippen LogP contribution in [0, 0.1) is 0 Å². The highest BCUT2D eigenvalue weighted by Gasteiger charge is 2.08. The Morgan fingerprint density at radius 3 is 2.30 bits per heavy atom. The zero-order valence-electron chi connectivity index (χ0n) is 17.1. The van der Waals surface area contributed by atoms with Gasteiger partial charge in [0.2, 0.25) is 0 Å². The smallest absolute Gasteiger partial charge is 0.289 e. The molecular weight excluding hydrogens is 382 g/mol. The van der Waals surface area contributed by atoms with Gasteiger partial charge < -0.3 is 14.2 Å². The maximum Gasteiger partial charge on any atom is 0.289 e. The molecule has 154 valence electrons. The number of nitrogens with one attached hydrogen (secondary N) is 1. The standard InChI is InChI=1S/C23H23N3O4/c1-4-30-19-7-5-17(6-8-19)18-9-10-24-22(13-18)23(27)26-25-15-16-11-20(28-2)14-21(12-16)29-3/h5-15H,4H2,1-3H3,(H,26,27). The number of aromatic nitrogens is 1. The van der Waals surface area contributed by atoms with E-state index in [-0.39, 0.29) is 5.69 Å². The van der Waals surface area contributed by atoms with Crippen LogP contribution >= 0.6 is 0 Å². The van der Waals surface area contributed by atoms with Gasteiger partial charge in [-0.3, -0.25) is 9.78 Å². The van der Waals surface area contributed by atoms with Crippen molar-refractivity contribution in [1.82, 2.24) is 10.4 Å². The van der Waals surface area contributed by atoms with Gasteiger partial charge in [-0.25, -0.2) is 5.43 Å². The van der Waals surface area contributed by atoms with Gasteiger partial charge >= 0.3 is 0 Å². The highest BCUT2D eigenvalue weighted by atomic mass is 16.5. The Bertz CT molecular complexity index is 1010. The summed E-state index contributed by atoms with van der Waals surface area (Å²) in [5.41, 5.74) is 5.32. The van der Waals surface area contributed by atoms with Gasteiger partial charge in [0.05, 0.1) is 27.0 Å². The lowest BCUT2D eigenvalue weighted by molar-refractivity contribution is 0.0950. The Morgan fingerprint density at radius 1 is 0.967 bits per heavy atom. The normalized spacial score (nSPS) is 10.6. The Hall–Kier alpha value is -3.87. The van der Waals surface area contributed by atoms with E-state index < -0.39 is 5.91 Å². The third kappa shape index (κ3) is 5.35. The number of methoxy groups -OCH3 is 2. The van der Waals surface area contributed by atoms with Crippen molar-refractivity contribution in [1.29, 1.82) is 0 Å². The molecule has 3 rings (SSSR count). The number of nitrogens with zero attached hydrogens (tertiary/aromatic N) is 2. The number of amides is 1. The van der Waals surface area contributed by atoms with Gasteiger partial charge in [0, 0.05) is 17.8 Å². The molecule has 0 bridgehead atoms. The van der Waals surface area contributed by atoms with E-state index >= 15 is 0 Å². The number of ether oxygens (including phenoxy) is 3. The average Bonchev–Trinajstić information content (AvgIpc) is 2.79. The van der Waals surface area contributed by atoms with Crippen molar-refractivity contribution < 1.29 is 19.0 Å². The molecular formula is C23H23N3O4. The highest BCUT2D eigenvalue weighted by molar-refractivity contribution is 5.94. The van der Waals surface area contributed by atoms with E-state index in [2.05, 4.69) is 15.5 Å². The van der Waals surface area contributed by atoms with Gasteiger partial charge in [0.1, 0.15) is 22.9 Å². The van der Waals surface area contributed by atoms with Gasteiger partial charge in [-0.1, -0.05) is 12.1 Å².